The number of hydrogen-bond acceptors (Lipinski definition) is 4. The molecule has 1 aromatic rings. The van der Waals surface area contributed by atoms with E-state index in [1.54, 1.807) is 0 Å². The highest BCUT2D eigenvalue weighted by Crippen LogP contribution is 2.27. The molecule has 1 aliphatic heterocycles. The van der Waals surface area contributed by atoms with Gasteiger partial charge in [-0.15, -0.1) is 0 Å². The lowest BCUT2D eigenvalue weighted by molar-refractivity contribution is -0.101. The summed E-state index contributed by atoms with van der Waals surface area (Å²) in [4.78, 5) is 2.25. The molecule has 1 unspecified atom stereocenters. The van der Waals surface area contributed by atoms with E-state index in [2.05, 4.69) is 11.0 Å². The Bertz CT molecular complexity index is 432. The number of nitrogens with zero attached hydrogens (tertiary/aromatic N) is 1. The lowest BCUT2D eigenvalue weighted by Crippen LogP contribution is -2.54. The molecule has 1 atom stereocenters. The second-order valence-electron chi connectivity index (χ2n) is 5.60. The van der Waals surface area contributed by atoms with E-state index in [4.69, 9.17) is 10.5 Å². The first-order valence-electron chi connectivity index (χ1n) is 6.31. The Balaban J connectivity index is 2.23. The zero-order valence-corrected chi connectivity index (χ0v) is 11.3. The van der Waals surface area contributed by atoms with Crippen LogP contribution in [0.5, 0.6) is 0 Å². The lowest BCUT2D eigenvalue weighted by atomic mass is 10.0. The van der Waals surface area contributed by atoms with Crippen LogP contribution >= 0.6 is 0 Å². The van der Waals surface area contributed by atoms with Crippen LogP contribution in [-0.2, 0) is 4.74 Å². The summed E-state index contributed by atoms with van der Waals surface area (Å²) in [6, 6.07) is 6.05. The van der Waals surface area contributed by atoms with Crippen LogP contribution in [0, 0.1) is 6.92 Å². The van der Waals surface area contributed by atoms with Crippen LogP contribution in [0.1, 0.15) is 19.4 Å². The molecular weight excluding hydrogens is 228 g/mol. The first-order chi connectivity index (χ1) is 8.41. The fourth-order valence-corrected chi connectivity index (χ4v) is 2.44. The van der Waals surface area contributed by atoms with Crippen molar-refractivity contribution in [2.75, 3.05) is 30.3 Å². The Kier molecular flexibility index (Phi) is 3.50. The number of benzene rings is 1. The number of ether oxygens (including phenoxy) is 1. The summed E-state index contributed by atoms with van der Waals surface area (Å²) in [6.07, 6.45) is -0.133. The summed E-state index contributed by atoms with van der Waals surface area (Å²) in [5, 5.41) is 9.31. The molecular formula is C14H22N2O2. The Morgan fingerprint density at radius 1 is 1.50 bits per heavy atom. The molecule has 1 aliphatic rings. The highest BCUT2D eigenvalue weighted by atomic mass is 16.5. The van der Waals surface area contributed by atoms with E-state index >= 15 is 0 Å². The third-order valence-corrected chi connectivity index (χ3v) is 3.30. The van der Waals surface area contributed by atoms with Crippen molar-refractivity contribution >= 4 is 11.4 Å². The van der Waals surface area contributed by atoms with Crippen LogP contribution in [0.15, 0.2) is 18.2 Å². The van der Waals surface area contributed by atoms with E-state index in [1.807, 2.05) is 32.9 Å². The van der Waals surface area contributed by atoms with Crippen LogP contribution in [0.4, 0.5) is 11.4 Å². The van der Waals surface area contributed by atoms with Gasteiger partial charge in [-0.05, 0) is 44.5 Å². The molecule has 1 saturated heterocycles. The van der Waals surface area contributed by atoms with Gasteiger partial charge in [0.25, 0.3) is 0 Å². The van der Waals surface area contributed by atoms with E-state index in [-0.39, 0.29) is 18.3 Å². The first-order valence-corrected chi connectivity index (χ1v) is 6.31. The summed E-state index contributed by atoms with van der Waals surface area (Å²) in [5.41, 5.74) is 8.62. The minimum atomic E-state index is -0.249. The fourth-order valence-electron chi connectivity index (χ4n) is 2.44. The van der Waals surface area contributed by atoms with Crippen molar-refractivity contribution in [1.29, 1.82) is 0 Å². The van der Waals surface area contributed by atoms with Crippen molar-refractivity contribution in [3.05, 3.63) is 23.8 Å². The minimum absolute atomic E-state index is 0.0495. The number of nitrogen functional groups attached to an aromatic ring is 1. The number of anilines is 2. The number of aliphatic hydroxyl groups excluding tert-OH is 1. The topological polar surface area (TPSA) is 58.7 Å². The van der Waals surface area contributed by atoms with Crippen molar-refractivity contribution in [3.8, 4) is 0 Å². The minimum Gasteiger partial charge on any atom is -0.399 e. The van der Waals surface area contributed by atoms with Gasteiger partial charge in [0.15, 0.2) is 0 Å². The maximum Gasteiger partial charge on any atom is 0.0988 e. The maximum atomic E-state index is 9.31. The molecule has 1 heterocycles. The quantitative estimate of drug-likeness (QED) is 0.782. The van der Waals surface area contributed by atoms with Gasteiger partial charge < -0.3 is 20.5 Å². The molecule has 100 valence electrons. The SMILES string of the molecule is Cc1cc(N2CC(CO)OC(C)(C)C2)ccc1N. The number of nitrogens with two attached hydrogens (primary N) is 1. The molecule has 0 spiro atoms. The molecule has 0 bridgehead atoms. The molecule has 2 rings (SSSR count). The summed E-state index contributed by atoms with van der Waals surface area (Å²) in [7, 11) is 0. The molecule has 18 heavy (non-hydrogen) atoms. The molecule has 1 aromatic carbocycles. The van der Waals surface area contributed by atoms with Gasteiger partial charge >= 0.3 is 0 Å². The van der Waals surface area contributed by atoms with E-state index in [9.17, 15) is 5.11 Å². The molecule has 0 aromatic heterocycles. The molecule has 0 aliphatic carbocycles. The molecule has 0 saturated carbocycles. The Hall–Kier alpha value is -1.26. The number of morpholine rings is 1. The van der Waals surface area contributed by atoms with Gasteiger partial charge in [-0.25, -0.2) is 0 Å². The van der Waals surface area contributed by atoms with E-state index < -0.39 is 0 Å². The highest BCUT2D eigenvalue weighted by Gasteiger charge is 2.33. The van der Waals surface area contributed by atoms with E-state index in [0.29, 0.717) is 6.54 Å². The van der Waals surface area contributed by atoms with Crippen LogP contribution in [0.3, 0.4) is 0 Å². The second-order valence-corrected chi connectivity index (χ2v) is 5.60. The van der Waals surface area contributed by atoms with Gasteiger partial charge in [-0.2, -0.15) is 0 Å². The van der Waals surface area contributed by atoms with Crippen LogP contribution in [-0.4, -0.2) is 36.5 Å². The summed E-state index contributed by atoms with van der Waals surface area (Å²) in [6.45, 7) is 7.68. The van der Waals surface area contributed by atoms with Gasteiger partial charge in [0, 0.05) is 24.5 Å². The fraction of sp³-hybridized carbons (Fsp3) is 0.571. The van der Waals surface area contributed by atoms with Crippen molar-refractivity contribution in [3.63, 3.8) is 0 Å². The Morgan fingerprint density at radius 2 is 2.22 bits per heavy atom. The lowest BCUT2D eigenvalue weighted by Gasteiger charge is -2.43. The zero-order chi connectivity index (χ0) is 13.3. The molecule has 1 fully saturated rings. The molecule has 4 nitrogen and oxygen atoms in total. The standard InChI is InChI=1S/C14H22N2O2/c1-10-6-11(4-5-13(10)15)16-7-12(8-17)18-14(2,3)9-16/h4-6,12,17H,7-9,15H2,1-3H3. The van der Waals surface area contributed by atoms with Crippen LogP contribution in [0.25, 0.3) is 0 Å². The van der Waals surface area contributed by atoms with Crippen LogP contribution < -0.4 is 10.6 Å². The van der Waals surface area contributed by atoms with E-state index in [1.165, 1.54) is 0 Å². The predicted octanol–water partition coefficient (Wildman–Crippen LogP) is 1.55. The Labute approximate surface area is 108 Å². The third kappa shape index (κ3) is 2.76. The number of aliphatic hydroxyl groups is 1. The van der Waals surface area contributed by atoms with Crippen molar-refractivity contribution < 1.29 is 9.84 Å². The average Bonchev–Trinajstić information content (AvgIpc) is 2.30. The molecule has 4 heteroatoms. The second kappa shape index (κ2) is 4.78. The van der Waals surface area contributed by atoms with Crippen LogP contribution in [0.2, 0.25) is 0 Å². The van der Waals surface area contributed by atoms with Gasteiger partial charge in [-0.3, -0.25) is 0 Å². The molecule has 0 amide bonds. The number of hydrogen-bond donors (Lipinski definition) is 2. The van der Waals surface area contributed by atoms with Gasteiger partial charge in [0.1, 0.15) is 0 Å². The first kappa shape index (κ1) is 13.2. The molecule has 3 N–H and O–H groups in total. The largest absolute Gasteiger partial charge is 0.399 e. The average molecular weight is 250 g/mol. The van der Waals surface area contributed by atoms with Crippen molar-refractivity contribution in [2.45, 2.75) is 32.5 Å². The van der Waals surface area contributed by atoms with E-state index in [0.717, 1.165) is 23.5 Å². The van der Waals surface area contributed by atoms with Gasteiger partial charge in [0.2, 0.25) is 0 Å². The number of rotatable bonds is 2. The smallest absolute Gasteiger partial charge is 0.0988 e. The summed E-state index contributed by atoms with van der Waals surface area (Å²) >= 11 is 0. The number of aryl methyl sites for hydroxylation is 1. The summed E-state index contributed by atoms with van der Waals surface area (Å²) in [5.74, 6) is 0. The van der Waals surface area contributed by atoms with Crippen molar-refractivity contribution in [1.82, 2.24) is 0 Å². The third-order valence-electron chi connectivity index (χ3n) is 3.30. The normalized spacial score (nSPS) is 23.1. The Morgan fingerprint density at radius 3 is 2.83 bits per heavy atom. The highest BCUT2D eigenvalue weighted by molar-refractivity contribution is 5.58. The maximum absolute atomic E-state index is 9.31. The monoisotopic (exact) mass is 250 g/mol. The summed E-state index contributed by atoms with van der Waals surface area (Å²) < 4.78 is 5.81. The van der Waals surface area contributed by atoms with Crippen molar-refractivity contribution in [2.24, 2.45) is 0 Å². The van der Waals surface area contributed by atoms with Gasteiger partial charge in [0.05, 0.1) is 18.3 Å². The molecule has 0 radical (unpaired) electrons. The zero-order valence-electron chi connectivity index (χ0n) is 11.3. The van der Waals surface area contributed by atoms with Gasteiger partial charge in [-0.1, -0.05) is 0 Å². The predicted molar refractivity (Wildman–Crippen MR) is 73.8 cm³/mol.